The monoisotopic (exact) mass is 256 g/mol. The second kappa shape index (κ2) is 10.9. The molecule has 74 valence electrons. The standard InChI is InChI=1S/C9H12.2CH3.Pd/c1-2-6-9-7-4-3-5-8-9;;;/h3-5,7-8H,2,6H2,1H3;2*1H3;/q;2*-1;. The molecule has 1 rings (SSSR count). The summed E-state index contributed by atoms with van der Waals surface area (Å²) < 4.78 is 0. The molecule has 0 nitrogen and oxygen atoms in total. The Labute approximate surface area is 91.0 Å². The minimum Gasteiger partial charge on any atom is -0.358 e. The van der Waals surface area contributed by atoms with Crippen molar-refractivity contribution in [1.82, 2.24) is 0 Å². The van der Waals surface area contributed by atoms with Gasteiger partial charge in [0, 0.05) is 20.4 Å². The van der Waals surface area contributed by atoms with Crippen LogP contribution in [0.15, 0.2) is 30.3 Å². The predicted molar refractivity (Wildman–Crippen MR) is 53.3 cm³/mol. The van der Waals surface area contributed by atoms with Gasteiger partial charge in [0.05, 0.1) is 0 Å². The van der Waals surface area contributed by atoms with Gasteiger partial charge in [-0.3, -0.25) is 0 Å². The molecule has 1 heteroatoms. The number of aryl methyl sites for hydroxylation is 1. The quantitative estimate of drug-likeness (QED) is 0.561. The molecule has 0 aliphatic heterocycles. The van der Waals surface area contributed by atoms with E-state index in [1.54, 1.807) is 0 Å². The molecular formula is C11H18Pd-2. The van der Waals surface area contributed by atoms with Gasteiger partial charge in [0.1, 0.15) is 0 Å². The van der Waals surface area contributed by atoms with Crippen LogP contribution in [0, 0.1) is 14.9 Å². The zero-order valence-electron chi connectivity index (χ0n) is 8.12. The second-order valence-corrected chi connectivity index (χ2v) is 2.24. The maximum absolute atomic E-state index is 2.20. The molecule has 0 saturated carbocycles. The Morgan fingerprint density at radius 2 is 1.50 bits per heavy atom. The maximum atomic E-state index is 2.20. The summed E-state index contributed by atoms with van der Waals surface area (Å²) in [5.74, 6) is 0. The largest absolute Gasteiger partial charge is 0.358 e. The Balaban J connectivity index is -0.000000270. The van der Waals surface area contributed by atoms with Gasteiger partial charge in [0.25, 0.3) is 0 Å². The van der Waals surface area contributed by atoms with Crippen molar-refractivity contribution in [3.05, 3.63) is 50.7 Å². The van der Waals surface area contributed by atoms with Crippen LogP contribution < -0.4 is 0 Å². The molecule has 0 saturated heterocycles. The summed E-state index contributed by atoms with van der Waals surface area (Å²) in [5.41, 5.74) is 1.44. The van der Waals surface area contributed by atoms with Crippen molar-refractivity contribution < 1.29 is 20.4 Å². The average Bonchev–Trinajstić information content (AvgIpc) is 1.91. The average molecular weight is 257 g/mol. The van der Waals surface area contributed by atoms with E-state index < -0.39 is 0 Å². The zero-order valence-corrected chi connectivity index (χ0v) is 9.67. The van der Waals surface area contributed by atoms with Gasteiger partial charge in [-0.2, -0.15) is 0 Å². The molecule has 0 bridgehead atoms. The van der Waals surface area contributed by atoms with Gasteiger partial charge in [-0.05, 0) is 12.0 Å². The zero-order chi connectivity index (χ0) is 6.53. The van der Waals surface area contributed by atoms with Crippen LogP contribution in [0.4, 0.5) is 0 Å². The van der Waals surface area contributed by atoms with Crippen molar-refractivity contribution in [2.75, 3.05) is 0 Å². The Hall–Kier alpha value is -0.118. The van der Waals surface area contributed by atoms with E-state index in [1.165, 1.54) is 18.4 Å². The van der Waals surface area contributed by atoms with Crippen molar-refractivity contribution in [3.63, 3.8) is 0 Å². The van der Waals surface area contributed by atoms with Crippen LogP contribution in [0.1, 0.15) is 18.9 Å². The van der Waals surface area contributed by atoms with Gasteiger partial charge in [-0.25, -0.2) is 0 Å². The van der Waals surface area contributed by atoms with E-state index in [0.29, 0.717) is 0 Å². The van der Waals surface area contributed by atoms with Crippen LogP contribution >= 0.6 is 0 Å². The van der Waals surface area contributed by atoms with Crippen LogP contribution in [0.2, 0.25) is 0 Å². The fourth-order valence-electron chi connectivity index (χ4n) is 0.933. The fourth-order valence-corrected chi connectivity index (χ4v) is 0.933. The Bertz CT molecular complexity index is 158. The summed E-state index contributed by atoms with van der Waals surface area (Å²) in [7, 11) is 0. The molecule has 0 atom stereocenters. The molecule has 0 unspecified atom stereocenters. The summed E-state index contributed by atoms with van der Waals surface area (Å²) in [6, 6.07) is 10.6. The summed E-state index contributed by atoms with van der Waals surface area (Å²) in [4.78, 5) is 0. The van der Waals surface area contributed by atoms with Crippen molar-refractivity contribution in [3.8, 4) is 0 Å². The van der Waals surface area contributed by atoms with E-state index in [0.717, 1.165) is 0 Å². The van der Waals surface area contributed by atoms with Crippen molar-refractivity contribution in [2.24, 2.45) is 0 Å². The second-order valence-electron chi connectivity index (χ2n) is 2.24. The van der Waals surface area contributed by atoms with Gasteiger partial charge < -0.3 is 14.9 Å². The molecule has 0 aliphatic carbocycles. The number of benzene rings is 1. The Morgan fingerprint density at radius 3 is 1.92 bits per heavy atom. The Kier molecular flexibility index (Phi) is 16.2. The molecule has 1 aromatic rings. The first-order valence-electron chi connectivity index (χ1n) is 3.47. The van der Waals surface area contributed by atoms with Crippen LogP contribution in [-0.4, -0.2) is 0 Å². The summed E-state index contributed by atoms with van der Waals surface area (Å²) >= 11 is 0. The van der Waals surface area contributed by atoms with Crippen molar-refractivity contribution >= 4 is 0 Å². The van der Waals surface area contributed by atoms with E-state index in [4.69, 9.17) is 0 Å². The third-order valence-corrected chi connectivity index (χ3v) is 1.38. The molecule has 1 aromatic carbocycles. The minimum absolute atomic E-state index is 0. The van der Waals surface area contributed by atoms with E-state index in [9.17, 15) is 0 Å². The molecule has 12 heavy (non-hydrogen) atoms. The molecule has 0 radical (unpaired) electrons. The molecule has 0 fully saturated rings. The van der Waals surface area contributed by atoms with E-state index in [1.807, 2.05) is 0 Å². The normalized spacial score (nSPS) is 7.08. The number of hydrogen-bond donors (Lipinski definition) is 0. The first kappa shape index (κ1) is 17.8. The van der Waals surface area contributed by atoms with Gasteiger partial charge in [-0.1, -0.05) is 43.7 Å². The summed E-state index contributed by atoms with van der Waals surface area (Å²) in [6.07, 6.45) is 2.45. The third-order valence-electron chi connectivity index (χ3n) is 1.38. The maximum Gasteiger partial charge on any atom is 0 e. The van der Waals surface area contributed by atoms with Crippen LogP contribution in [0.25, 0.3) is 0 Å². The predicted octanol–water partition coefficient (Wildman–Crippen LogP) is 3.54. The van der Waals surface area contributed by atoms with Crippen molar-refractivity contribution in [2.45, 2.75) is 19.8 Å². The number of rotatable bonds is 2. The third kappa shape index (κ3) is 6.58. The van der Waals surface area contributed by atoms with E-state index >= 15 is 0 Å². The molecule has 0 heterocycles. The van der Waals surface area contributed by atoms with Gasteiger partial charge in [0.2, 0.25) is 0 Å². The molecular weight excluding hydrogens is 239 g/mol. The SMILES string of the molecule is CCCc1ccccc1.[CH3-].[CH3-].[Pd]. The van der Waals surface area contributed by atoms with Gasteiger partial charge in [-0.15, -0.1) is 0 Å². The fraction of sp³-hybridized carbons (Fsp3) is 0.273. The molecule has 0 N–H and O–H groups in total. The first-order valence-corrected chi connectivity index (χ1v) is 3.47. The van der Waals surface area contributed by atoms with E-state index in [2.05, 4.69) is 37.3 Å². The summed E-state index contributed by atoms with van der Waals surface area (Å²) in [5, 5.41) is 0. The van der Waals surface area contributed by atoms with Crippen LogP contribution in [-0.2, 0) is 26.8 Å². The number of hydrogen-bond acceptors (Lipinski definition) is 0. The minimum atomic E-state index is 0. The van der Waals surface area contributed by atoms with Crippen LogP contribution in [0.3, 0.4) is 0 Å². The summed E-state index contributed by atoms with van der Waals surface area (Å²) in [6.45, 7) is 2.20. The molecule has 0 aromatic heterocycles. The topological polar surface area (TPSA) is 0 Å². The molecule has 0 amide bonds. The first-order chi connectivity index (χ1) is 4.43. The molecule has 0 aliphatic rings. The molecule has 0 spiro atoms. The van der Waals surface area contributed by atoms with Gasteiger partial charge in [0.15, 0.2) is 0 Å². The van der Waals surface area contributed by atoms with Crippen molar-refractivity contribution in [1.29, 1.82) is 0 Å². The Morgan fingerprint density at radius 1 is 1.00 bits per heavy atom. The van der Waals surface area contributed by atoms with Gasteiger partial charge >= 0.3 is 0 Å². The van der Waals surface area contributed by atoms with E-state index in [-0.39, 0.29) is 35.3 Å². The van der Waals surface area contributed by atoms with Crippen LogP contribution in [0.5, 0.6) is 0 Å². The smallest absolute Gasteiger partial charge is 0 e.